The summed E-state index contributed by atoms with van der Waals surface area (Å²) in [5, 5.41) is 3.63. The fourth-order valence-electron chi connectivity index (χ4n) is 2.17. The van der Waals surface area contributed by atoms with E-state index >= 15 is 0 Å². The monoisotopic (exact) mass is 370 g/mol. The van der Waals surface area contributed by atoms with E-state index in [9.17, 15) is 4.79 Å². The van der Waals surface area contributed by atoms with Crippen LogP contribution in [0.5, 0.6) is 0 Å². The van der Waals surface area contributed by atoms with Gasteiger partial charge in [0.15, 0.2) is 0 Å². The van der Waals surface area contributed by atoms with Gasteiger partial charge >= 0.3 is 0 Å². The van der Waals surface area contributed by atoms with Gasteiger partial charge in [-0.15, -0.1) is 11.3 Å². The summed E-state index contributed by atoms with van der Waals surface area (Å²) in [4.78, 5) is 17.0. The van der Waals surface area contributed by atoms with Crippen LogP contribution in [0.3, 0.4) is 0 Å². The van der Waals surface area contributed by atoms with Gasteiger partial charge < -0.3 is 5.32 Å². The normalized spacial score (nSPS) is 11.3. The van der Waals surface area contributed by atoms with Crippen LogP contribution in [0.2, 0.25) is 10.0 Å². The molecule has 1 heterocycles. The Kier molecular flexibility index (Phi) is 6.48. The van der Waals surface area contributed by atoms with Crippen LogP contribution in [-0.4, -0.2) is 23.4 Å². The zero-order valence-corrected chi connectivity index (χ0v) is 15.7. The first-order valence-corrected chi connectivity index (χ1v) is 8.97. The molecule has 0 saturated heterocycles. The Morgan fingerprint density at radius 2 is 2.00 bits per heavy atom. The summed E-state index contributed by atoms with van der Waals surface area (Å²) < 4.78 is 0. The number of amides is 1. The van der Waals surface area contributed by atoms with Crippen LogP contribution >= 0.6 is 34.5 Å². The van der Waals surface area contributed by atoms with Crippen molar-refractivity contribution >= 4 is 46.1 Å². The van der Waals surface area contributed by atoms with Gasteiger partial charge in [0.05, 0.1) is 22.3 Å². The average molecular weight is 371 g/mol. The van der Waals surface area contributed by atoms with Crippen LogP contribution in [0, 0.1) is 6.92 Å². The van der Waals surface area contributed by atoms with E-state index in [-0.39, 0.29) is 11.9 Å². The van der Waals surface area contributed by atoms with Gasteiger partial charge in [-0.1, -0.05) is 29.3 Å². The van der Waals surface area contributed by atoms with Gasteiger partial charge in [-0.2, -0.15) is 0 Å². The van der Waals surface area contributed by atoms with Crippen molar-refractivity contribution < 1.29 is 4.79 Å². The van der Waals surface area contributed by atoms with Gasteiger partial charge in [0.2, 0.25) is 5.91 Å². The highest BCUT2D eigenvalue weighted by atomic mass is 35.5. The average Bonchev–Trinajstić information content (AvgIpc) is 2.88. The van der Waals surface area contributed by atoms with Crippen molar-refractivity contribution in [3.63, 3.8) is 0 Å². The zero-order chi connectivity index (χ0) is 17.0. The molecule has 23 heavy (non-hydrogen) atoms. The number of carbonyl (C=O) groups is 1. The largest absolute Gasteiger partial charge is 0.324 e. The van der Waals surface area contributed by atoms with E-state index in [4.69, 9.17) is 23.2 Å². The van der Waals surface area contributed by atoms with Crippen LogP contribution in [0.15, 0.2) is 30.3 Å². The summed E-state index contributed by atoms with van der Waals surface area (Å²) in [5.41, 5.74) is 0.542. The number of aryl methyl sites for hydroxylation is 1. The van der Waals surface area contributed by atoms with E-state index in [0.29, 0.717) is 22.3 Å². The molecule has 6 heteroatoms. The first-order valence-electron chi connectivity index (χ1n) is 7.40. The molecule has 124 valence electrons. The summed E-state index contributed by atoms with van der Waals surface area (Å²) in [7, 11) is 0. The molecule has 0 fully saturated rings. The molecule has 1 aromatic heterocycles. The third-order valence-electron chi connectivity index (χ3n) is 3.46. The van der Waals surface area contributed by atoms with Crippen LogP contribution < -0.4 is 5.32 Å². The third-order valence-corrected chi connectivity index (χ3v) is 5.26. The summed E-state index contributed by atoms with van der Waals surface area (Å²) in [6, 6.07) is 9.68. The van der Waals surface area contributed by atoms with E-state index in [0.717, 1.165) is 6.54 Å². The Bertz CT molecular complexity index is 685. The van der Waals surface area contributed by atoms with Crippen LogP contribution in [0.4, 0.5) is 5.69 Å². The van der Waals surface area contributed by atoms with E-state index in [1.54, 1.807) is 29.5 Å². The number of hydrogen-bond acceptors (Lipinski definition) is 3. The maximum atomic E-state index is 12.3. The van der Waals surface area contributed by atoms with E-state index < -0.39 is 0 Å². The van der Waals surface area contributed by atoms with Gasteiger partial charge in [0.1, 0.15) is 0 Å². The third kappa shape index (κ3) is 5.21. The second-order valence-electron chi connectivity index (χ2n) is 5.66. The van der Waals surface area contributed by atoms with E-state index in [1.165, 1.54) is 9.75 Å². The fourth-order valence-corrected chi connectivity index (χ4v) is 3.43. The van der Waals surface area contributed by atoms with E-state index in [2.05, 4.69) is 43.1 Å². The van der Waals surface area contributed by atoms with Crippen molar-refractivity contribution in [2.45, 2.75) is 33.4 Å². The van der Waals surface area contributed by atoms with Crippen LogP contribution in [-0.2, 0) is 11.3 Å². The molecule has 0 unspecified atom stereocenters. The molecule has 0 saturated carbocycles. The number of anilines is 1. The molecule has 0 spiro atoms. The Labute approximate surface area is 151 Å². The molecule has 0 radical (unpaired) electrons. The molecule has 3 nitrogen and oxygen atoms in total. The molecule has 0 aliphatic carbocycles. The highest BCUT2D eigenvalue weighted by molar-refractivity contribution is 7.11. The number of carbonyl (C=O) groups excluding carboxylic acids is 1. The lowest BCUT2D eigenvalue weighted by Gasteiger charge is -2.25. The van der Waals surface area contributed by atoms with Crippen LogP contribution in [0.1, 0.15) is 23.6 Å². The molecule has 1 aromatic carbocycles. The molecule has 0 atom stereocenters. The topological polar surface area (TPSA) is 32.3 Å². The first kappa shape index (κ1) is 18.3. The summed E-state index contributed by atoms with van der Waals surface area (Å²) in [6.07, 6.45) is 0. The number of hydrogen-bond donors (Lipinski definition) is 1. The van der Waals surface area contributed by atoms with Crippen molar-refractivity contribution in [1.29, 1.82) is 0 Å². The number of nitrogens with one attached hydrogen (secondary N) is 1. The minimum atomic E-state index is -0.101. The Morgan fingerprint density at radius 1 is 1.26 bits per heavy atom. The highest BCUT2D eigenvalue weighted by Crippen LogP contribution is 2.29. The Morgan fingerprint density at radius 3 is 2.61 bits per heavy atom. The van der Waals surface area contributed by atoms with Crippen molar-refractivity contribution in [2.24, 2.45) is 0 Å². The van der Waals surface area contributed by atoms with Gasteiger partial charge in [-0.3, -0.25) is 9.69 Å². The van der Waals surface area contributed by atoms with Crippen LogP contribution in [0.25, 0.3) is 0 Å². The smallest absolute Gasteiger partial charge is 0.238 e. The van der Waals surface area contributed by atoms with Gasteiger partial charge in [-0.25, -0.2) is 0 Å². The number of thiophene rings is 1. The lowest BCUT2D eigenvalue weighted by Crippen LogP contribution is -2.37. The quantitative estimate of drug-likeness (QED) is 0.756. The van der Waals surface area contributed by atoms with Crippen molar-refractivity contribution in [2.75, 3.05) is 11.9 Å². The molecule has 1 amide bonds. The molecule has 0 bridgehead atoms. The fraction of sp³-hybridized carbons (Fsp3) is 0.353. The SMILES string of the molecule is Cc1ccc(CN(CC(=O)Nc2cccc(Cl)c2Cl)C(C)C)s1. The summed E-state index contributed by atoms with van der Waals surface area (Å²) >= 11 is 13.8. The van der Waals surface area contributed by atoms with Crippen molar-refractivity contribution in [3.05, 3.63) is 50.1 Å². The molecular weight excluding hydrogens is 351 g/mol. The molecule has 2 rings (SSSR count). The Hall–Kier alpha value is -1.07. The molecular formula is C17H20Cl2N2OS. The number of benzene rings is 1. The maximum Gasteiger partial charge on any atom is 0.238 e. The zero-order valence-electron chi connectivity index (χ0n) is 13.4. The molecule has 1 N–H and O–H groups in total. The maximum absolute atomic E-state index is 12.3. The predicted molar refractivity (Wildman–Crippen MR) is 99.7 cm³/mol. The number of halogens is 2. The summed E-state index contributed by atoms with van der Waals surface area (Å²) in [6.45, 7) is 7.31. The lowest BCUT2D eigenvalue weighted by atomic mass is 10.2. The second-order valence-corrected chi connectivity index (χ2v) is 7.82. The predicted octanol–water partition coefficient (Wildman–Crippen LogP) is 5.21. The minimum Gasteiger partial charge on any atom is -0.324 e. The van der Waals surface area contributed by atoms with Gasteiger partial charge in [-0.05, 0) is 45.0 Å². The molecule has 0 aliphatic rings. The van der Waals surface area contributed by atoms with Gasteiger partial charge in [0.25, 0.3) is 0 Å². The summed E-state index contributed by atoms with van der Waals surface area (Å²) in [5.74, 6) is -0.101. The lowest BCUT2D eigenvalue weighted by molar-refractivity contribution is -0.117. The highest BCUT2D eigenvalue weighted by Gasteiger charge is 2.16. The van der Waals surface area contributed by atoms with Crippen molar-refractivity contribution in [3.8, 4) is 0 Å². The van der Waals surface area contributed by atoms with Crippen molar-refractivity contribution in [1.82, 2.24) is 4.90 Å². The first-order chi connectivity index (χ1) is 10.9. The second kappa shape index (κ2) is 8.15. The minimum absolute atomic E-state index is 0.101. The van der Waals surface area contributed by atoms with Gasteiger partial charge in [0, 0.05) is 22.3 Å². The molecule has 2 aromatic rings. The number of rotatable bonds is 6. The molecule has 0 aliphatic heterocycles. The Balaban J connectivity index is 2.02. The number of nitrogens with zero attached hydrogens (tertiary/aromatic N) is 1. The van der Waals surface area contributed by atoms with E-state index in [1.807, 2.05) is 0 Å². The standard InChI is InChI=1S/C17H20Cl2N2OS/c1-11(2)21(9-13-8-7-12(3)23-13)10-16(22)20-15-6-4-5-14(18)17(15)19/h4-8,11H,9-10H2,1-3H3,(H,20,22).